The van der Waals surface area contributed by atoms with Gasteiger partial charge >= 0.3 is 0 Å². The molecule has 0 bridgehead atoms. The molecule has 0 aromatic heterocycles. The Balaban J connectivity index is 3.26. The Morgan fingerprint density at radius 3 is 2.46 bits per heavy atom. The van der Waals surface area contributed by atoms with E-state index < -0.39 is 9.84 Å². The van der Waals surface area contributed by atoms with E-state index in [1.807, 2.05) is 0 Å². The van der Waals surface area contributed by atoms with Crippen molar-refractivity contribution in [2.75, 3.05) is 31.2 Å². The number of hydrogen-bond acceptors (Lipinski definition) is 4. The average Bonchev–Trinajstić information content (AvgIpc) is 2.11. The fraction of sp³-hybridized carbons (Fsp3) is 1.00. The van der Waals surface area contributed by atoms with Crippen molar-refractivity contribution < 1.29 is 13.5 Å². The monoisotopic (exact) mass is 209 g/mol. The molecule has 0 fully saturated rings. The predicted octanol–water partition coefficient (Wildman–Crippen LogP) is -0.217. The summed E-state index contributed by atoms with van der Waals surface area (Å²) in [6, 6.07) is 0. The zero-order valence-electron chi connectivity index (χ0n) is 8.12. The third-order valence-corrected chi connectivity index (χ3v) is 3.50. The zero-order chi connectivity index (χ0) is 10.2. The Hall–Kier alpha value is -0.130. The summed E-state index contributed by atoms with van der Waals surface area (Å²) in [6.07, 6.45) is 1.66. The van der Waals surface area contributed by atoms with Crippen LogP contribution < -0.4 is 5.32 Å². The van der Waals surface area contributed by atoms with Crippen molar-refractivity contribution in [1.82, 2.24) is 5.32 Å². The lowest BCUT2D eigenvalue weighted by molar-refractivity contribution is 0.284. The molecule has 0 unspecified atom stereocenters. The average molecular weight is 209 g/mol. The third-order valence-electron chi connectivity index (χ3n) is 1.79. The number of rotatable bonds is 8. The first-order valence-electron chi connectivity index (χ1n) is 4.64. The summed E-state index contributed by atoms with van der Waals surface area (Å²) in [4.78, 5) is 0. The fourth-order valence-electron chi connectivity index (χ4n) is 0.859. The van der Waals surface area contributed by atoms with Crippen LogP contribution in [-0.2, 0) is 9.84 Å². The minimum Gasteiger partial charge on any atom is -0.396 e. The van der Waals surface area contributed by atoms with Gasteiger partial charge in [-0.2, -0.15) is 0 Å². The highest BCUT2D eigenvalue weighted by atomic mass is 32.2. The Morgan fingerprint density at radius 1 is 1.23 bits per heavy atom. The molecule has 0 aliphatic carbocycles. The van der Waals surface area contributed by atoms with E-state index in [9.17, 15) is 8.42 Å². The maximum absolute atomic E-state index is 11.0. The van der Waals surface area contributed by atoms with Crippen molar-refractivity contribution in [3.8, 4) is 0 Å². The molecule has 0 aliphatic rings. The van der Waals surface area contributed by atoms with Crippen molar-refractivity contribution >= 4 is 9.84 Å². The molecule has 80 valence electrons. The van der Waals surface area contributed by atoms with Crippen LogP contribution in [0.1, 0.15) is 19.8 Å². The van der Waals surface area contributed by atoms with Crippen molar-refractivity contribution in [3.05, 3.63) is 0 Å². The quantitative estimate of drug-likeness (QED) is 0.543. The maximum Gasteiger partial charge on any atom is 0.151 e. The summed E-state index contributed by atoms with van der Waals surface area (Å²) < 4.78 is 22.0. The summed E-state index contributed by atoms with van der Waals surface area (Å²) in [5.41, 5.74) is 0. The van der Waals surface area contributed by atoms with Gasteiger partial charge in [0, 0.05) is 18.9 Å². The largest absolute Gasteiger partial charge is 0.396 e. The number of hydrogen-bond donors (Lipinski definition) is 2. The van der Waals surface area contributed by atoms with E-state index >= 15 is 0 Å². The SMILES string of the molecule is CCS(=O)(=O)CCNCCCCO. The third kappa shape index (κ3) is 8.21. The maximum atomic E-state index is 11.0. The van der Waals surface area contributed by atoms with Crippen molar-refractivity contribution in [2.24, 2.45) is 0 Å². The highest BCUT2D eigenvalue weighted by molar-refractivity contribution is 7.91. The first-order chi connectivity index (χ1) is 6.12. The van der Waals surface area contributed by atoms with Crippen molar-refractivity contribution in [3.63, 3.8) is 0 Å². The van der Waals surface area contributed by atoms with Crippen LogP contribution in [0.3, 0.4) is 0 Å². The second kappa shape index (κ2) is 7.29. The van der Waals surface area contributed by atoms with Crippen LogP contribution >= 0.6 is 0 Å². The molecule has 0 aromatic rings. The normalized spacial score (nSPS) is 11.8. The molecule has 13 heavy (non-hydrogen) atoms. The molecule has 0 heterocycles. The van der Waals surface area contributed by atoms with Gasteiger partial charge in [-0.25, -0.2) is 8.42 Å². The van der Waals surface area contributed by atoms with Crippen LogP contribution in [0, 0.1) is 0 Å². The van der Waals surface area contributed by atoms with Gasteiger partial charge in [0.05, 0.1) is 5.75 Å². The molecule has 0 saturated carbocycles. The molecular formula is C8H19NO3S. The first kappa shape index (κ1) is 12.9. The Labute approximate surface area is 80.3 Å². The van der Waals surface area contributed by atoms with Gasteiger partial charge < -0.3 is 10.4 Å². The Kier molecular flexibility index (Phi) is 7.22. The van der Waals surface area contributed by atoms with Gasteiger partial charge in [0.15, 0.2) is 9.84 Å². The molecule has 0 aliphatic heterocycles. The van der Waals surface area contributed by atoms with Gasteiger partial charge in [0.2, 0.25) is 0 Å². The number of unbranched alkanes of at least 4 members (excludes halogenated alkanes) is 1. The van der Waals surface area contributed by atoms with E-state index in [-0.39, 0.29) is 18.1 Å². The van der Waals surface area contributed by atoms with Gasteiger partial charge in [-0.15, -0.1) is 0 Å². The number of sulfone groups is 1. The highest BCUT2D eigenvalue weighted by Crippen LogP contribution is 1.88. The summed E-state index contributed by atoms with van der Waals surface area (Å²) in [5.74, 6) is 0.425. The van der Waals surface area contributed by atoms with E-state index in [1.54, 1.807) is 6.92 Å². The van der Waals surface area contributed by atoms with Gasteiger partial charge in [-0.3, -0.25) is 0 Å². The number of aliphatic hydroxyl groups excluding tert-OH is 1. The lowest BCUT2D eigenvalue weighted by Crippen LogP contribution is -2.24. The summed E-state index contributed by atoms with van der Waals surface area (Å²) in [6.45, 7) is 3.15. The number of aliphatic hydroxyl groups is 1. The number of nitrogens with one attached hydrogen (secondary N) is 1. The molecular weight excluding hydrogens is 190 g/mol. The molecule has 0 saturated heterocycles. The summed E-state index contributed by atoms with van der Waals surface area (Å²) in [7, 11) is -2.82. The minimum atomic E-state index is -2.82. The van der Waals surface area contributed by atoms with E-state index in [2.05, 4.69) is 5.32 Å². The van der Waals surface area contributed by atoms with Gasteiger partial charge in [0.1, 0.15) is 0 Å². The van der Waals surface area contributed by atoms with Crippen LogP contribution in [0.5, 0.6) is 0 Å². The molecule has 4 nitrogen and oxygen atoms in total. The molecule has 0 aromatic carbocycles. The first-order valence-corrected chi connectivity index (χ1v) is 6.46. The van der Waals surface area contributed by atoms with E-state index in [1.165, 1.54) is 0 Å². The molecule has 0 amide bonds. The Morgan fingerprint density at radius 2 is 1.92 bits per heavy atom. The highest BCUT2D eigenvalue weighted by Gasteiger charge is 2.05. The molecule has 5 heteroatoms. The molecule has 0 spiro atoms. The summed E-state index contributed by atoms with van der Waals surface area (Å²) in [5, 5.41) is 11.5. The molecule has 0 atom stereocenters. The lowest BCUT2D eigenvalue weighted by atomic mass is 10.3. The van der Waals surface area contributed by atoms with Gasteiger partial charge in [0.25, 0.3) is 0 Å². The summed E-state index contributed by atoms with van der Waals surface area (Å²) >= 11 is 0. The van der Waals surface area contributed by atoms with Crippen LogP contribution in [0.2, 0.25) is 0 Å². The smallest absolute Gasteiger partial charge is 0.151 e. The van der Waals surface area contributed by atoms with Gasteiger partial charge in [-0.1, -0.05) is 6.92 Å². The minimum absolute atomic E-state index is 0.203. The van der Waals surface area contributed by atoms with E-state index in [0.717, 1.165) is 19.4 Å². The second-order valence-corrected chi connectivity index (χ2v) is 5.39. The van der Waals surface area contributed by atoms with Crippen LogP contribution in [-0.4, -0.2) is 44.7 Å². The van der Waals surface area contributed by atoms with Crippen LogP contribution in [0.4, 0.5) is 0 Å². The molecule has 0 radical (unpaired) electrons. The molecule has 0 rings (SSSR count). The van der Waals surface area contributed by atoms with E-state index in [4.69, 9.17) is 5.11 Å². The van der Waals surface area contributed by atoms with E-state index in [0.29, 0.717) is 6.54 Å². The van der Waals surface area contributed by atoms with Gasteiger partial charge in [-0.05, 0) is 19.4 Å². The molecule has 2 N–H and O–H groups in total. The zero-order valence-corrected chi connectivity index (χ0v) is 8.94. The predicted molar refractivity (Wildman–Crippen MR) is 53.5 cm³/mol. The van der Waals surface area contributed by atoms with Crippen LogP contribution in [0.15, 0.2) is 0 Å². The van der Waals surface area contributed by atoms with Crippen LogP contribution in [0.25, 0.3) is 0 Å². The Bertz CT molecular complexity index is 201. The standard InChI is InChI=1S/C8H19NO3S/c1-2-13(11,12)8-6-9-5-3-4-7-10/h9-10H,2-8H2,1H3. The van der Waals surface area contributed by atoms with Crippen molar-refractivity contribution in [2.45, 2.75) is 19.8 Å². The van der Waals surface area contributed by atoms with Crippen molar-refractivity contribution in [1.29, 1.82) is 0 Å². The second-order valence-electron chi connectivity index (χ2n) is 2.92. The lowest BCUT2D eigenvalue weighted by Gasteiger charge is -2.03. The fourth-order valence-corrected chi connectivity index (χ4v) is 1.60. The topological polar surface area (TPSA) is 66.4 Å².